The van der Waals surface area contributed by atoms with Crippen LogP contribution in [0, 0.1) is 6.92 Å². The van der Waals surface area contributed by atoms with Crippen LogP contribution in [0.25, 0.3) is 33.1 Å². The number of nitrogens with one attached hydrogen (secondary N) is 1. The Hall–Kier alpha value is -3.91. The number of aromatic nitrogens is 5. The highest BCUT2D eigenvalue weighted by atomic mass is 16.5. The van der Waals surface area contributed by atoms with Crippen molar-refractivity contribution in [1.29, 1.82) is 0 Å². The standard InChI is InChI=1S/C26H27N7O/c1-17-21-6-4-18(15-24(21)32(3)30-17)22-16-25(29-26(28-22)33-10-12-34-13-11-33)27-20-5-7-23-19(14-20)8-9-31(23)2/h4-9,14-16H,10-13H2,1-3H3,(H,27,28,29). The van der Waals surface area contributed by atoms with E-state index in [0.29, 0.717) is 19.2 Å². The van der Waals surface area contributed by atoms with Gasteiger partial charge in [-0.25, -0.2) is 4.98 Å². The maximum Gasteiger partial charge on any atom is 0.228 e. The lowest BCUT2D eigenvalue weighted by molar-refractivity contribution is 0.122. The van der Waals surface area contributed by atoms with Gasteiger partial charge in [-0.2, -0.15) is 10.1 Å². The van der Waals surface area contributed by atoms with Crippen molar-refractivity contribution in [2.45, 2.75) is 6.92 Å². The first-order chi connectivity index (χ1) is 16.5. The van der Waals surface area contributed by atoms with Crippen LogP contribution in [-0.4, -0.2) is 50.6 Å². The number of hydrogen-bond donors (Lipinski definition) is 1. The Morgan fingerprint density at radius 1 is 0.912 bits per heavy atom. The molecule has 0 spiro atoms. The molecule has 5 aromatic rings. The van der Waals surface area contributed by atoms with Crippen molar-refractivity contribution < 1.29 is 4.74 Å². The number of fused-ring (bicyclic) bond motifs is 2. The van der Waals surface area contributed by atoms with E-state index in [-0.39, 0.29) is 0 Å². The van der Waals surface area contributed by atoms with Gasteiger partial charge in [0, 0.05) is 67.0 Å². The SMILES string of the molecule is Cc1nn(C)c2cc(-c3cc(Nc4ccc5c(ccn5C)c4)nc(N4CCOCC4)n3)ccc12. The van der Waals surface area contributed by atoms with E-state index in [1.165, 1.54) is 10.9 Å². The summed E-state index contributed by atoms with van der Waals surface area (Å²) in [5.41, 5.74) is 6.22. The second-order valence-electron chi connectivity index (χ2n) is 8.80. The molecule has 6 rings (SSSR count). The molecular weight excluding hydrogens is 426 g/mol. The Morgan fingerprint density at radius 2 is 1.76 bits per heavy atom. The second kappa shape index (κ2) is 8.14. The summed E-state index contributed by atoms with van der Waals surface area (Å²) < 4.78 is 9.59. The molecular formula is C26H27N7O. The first-order valence-corrected chi connectivity index (χ1v) is 11.5. The molecule has 0 radical (unpaired) electrons. The van der Waals surface area contributed by atoms with Crippen molar-refractivity contribution in [2.75, 3.05) is 36.5 Å². The zero-order valence-corrected chi connectivity index (χ0v) is 19.6. The Morgan fingerprint density at radius 3 is 2.62 bits per heavy atom. The van der Waals surface area contributed by atoms with E-state index >= 15 is 0 Å². The molecule has 1 saturated heterocycles. The first kappa shape index (κ1) is 20.7. The quantitative estimate of drug-likeness (QED) is 0.435. The number of nitrogens with zero attached hydrogens (tertiary/aromatic N) is 6. The predicted molar refractivity (Wildman–Crippen MR) is 136 cm³/mol. The smallest absolute Gasteiger partial charge is 0.228 e. The van der Waals surface area contributed by atoms with Crippen LogP contribution >= 0.6 is 0 Å². The van der Waals surface area contributed by atoms with Gasteiger partial charge in [0.2, 0.25) is 5.95 Å². The molecule has 0 unspecified atom stereocenters. The van der Waals surface area contributed by atoms with Crippen molar-refractivity contribution in [1.82, 2.24) is 24.3 Å². The molecule has 1 fully saturated rings. The fraction of sp³-hybridized carbons (Fsp3) is 0.269. The van der Waals surface area contributed by atoms with Gasteiger partial charge in [-0.05, 0) is 37.3 Å². The summed E-state index contributed by atoms with van der Waals surface area (Å²) in [5.74, 6) is 1.48. The minimum atomic E-state index is 0.682. The van der Waals surface area contributed by atoms with Gasteiger partial charge in [-0.15, -0.1) is 0 Å². The molecule has 0 amide bonds. The molecule has 1 aliphatic rings. The van der Waals surface area contributed by atoms with Crippen LogP contribution in [0.5, 0.6) is 0 Å². The lowest BCUT2D eigenvalue weighted by Crippen LogP contribution is -2.37. The second-order valence-corrected chi connectivity index (χ2v) is 8.80. The Kier molecular flexibility index (Phi) is 4.95. The van der Waals surface area contributed by atoms with Crippen molar-refractivity contribution in [2.24, 2.45) is 14.1 Å². The Bertz CT molecular complexity index is 1510. The molecule has 1 aliphatic heterocycles. The lowest BCUT2D eigenvalue weighted by atomic mass is 10.1. The van der Waals surface area contributed by atoms with E-state index in [1.807, 2.05) is 24.7 Å². The molecule has 172 valence electrons. The van der Waals surface area contributed by atoms with Crippen molar-refractivity contribution >= 4 is 39.3 Å². The highest BCUT2D eigenvalue weighted by Gasteiger charge is 2.17. The third-order valence-electron chi connectivity index (χ3n) is 6.50. The maximum atomic E-state index is 5.54. The van der Waals surface area contributed by atoms with Crippen LogP contribution in [0.15, 0.2) is 54.7 Å². The van der Waals surface area contributed by atoms with Crippen LogP contribution in [0.3, 0.4) is 0 Å². The Labute approximate surface area is 197 Å². The largest absolute Gasteiger partial charge is 0.378 e. The van der Waals surface area contributed by atoms with Crippen LogP contribution in [0.1, 0.15) is 5.69 Å². The molecule has 1 N–H and O–H groups in total. The summed E-state index contributed by atoms with van der Waals surface area (Å²) in [6.07, 6.45) is 2.07. The summed E-state index contributed by atoms with van der Waals surface area (Å²) in [6.45, 7) is 4.95. The van der Waals surface area contributed by atoms with Crippen LogP contribution in [0.2, 0.25) is 0 Å². The molecule has 34 heavy (non-hydrogen) atoms. The van der Waals surface area contributed by atoms with Gasteiger partial charge >= 0.3 is 0 Å². The van der Waals surface area contributed by atoms with E-state index in [2.05, 4.69) is 75.6 Å². The highest BCUT2D eigenvalue weighted by Crippen LogP contribution is 2.29. The normalized spacial score (nSPS) is 14.3. The molecule has 8 nitrogen and oxygen atoms in total. The molecule has 8 heteroatoms. The van der Waals surface area contributed by atoms with Gasteiger partial charge in [-0.3, -0.25) is 4.68 Å². The van der Waals surface area contributed by atoms with Crippen molar-refractivity contribution in [3.8, 4) is 11.3 Å². The molecule has 0 atom stereocenters. The number of anilines is 3. The predicted octanol–water partition coefficient (Wildman–Crippen LogP) is 4.41. The summed E-state index contributed by atoms with van der Waals surface area (Å²) in [5, 5.41) is 10.4. The average molecular weight is 454 g/mol. The average Bonchev–Trinajstić information content (AvgIpc) is 3.37. The molecule has 4 heterocycles. The number of aryl methyl sites for hydroxylation is 3. The van der Waals surface area contributed by atoms with Crippen LogP contribution < -0.4 is 10.2 Å². The highest BCUT2D eigenvalue weighted by molar-refractivity contribution is 5.87. The van der Waals surface area contributed by atoms with E-state index in [4.69, 9.17) is 14.7 Å². The fourth-order valence-electron chi connectivity index (χ4n) is 4.66. The van der Waals surface area contributed by atoms with E-state index < -0.39 is 0 Å². The topological polar surface area (TPSA) is 73.0 Å². The number of benzene rings is 2. The molecule has 0 bridgehead atoms. The van der Waals surface area contributed by atoms with Gasteiger partial charge in [0.25, 0.3) is 0 Å². The molecule has 3 aromatic heterocycles. The number of hydrogen-bond acceptors (Lipinski definition) is 6. The third-order valence-corrected chi connectivity index (χ3v) is 6.50. The van der Waals surface area contributed by atoms with Gasteiger partial charge < -0.3 is 19.5 Å². The Balaban J connectivity index is 1.43. The summed E-state index contributed by atoms with van der Waals surface area (Å²) in [6, 6.07) is 16.9. The number of ether oxygens (including phenoxy) is 1. The lowest BCUT2D eigenvalue weighted by Gasteiger charge is -2.27. The van der Waals surface area contributed by atoms with Gasteiger partial charge in [-0.1, -0.05) is 12.1 Å². The monoisotopic (exact) mass is 453 g/mol. The zero-order valence-electron chi connectivity index (χ0n) is 19.6. The number of rotatable bonds is 4. The zero-order chi connectivity index (χ0) is 23.2. The van der Waals surface area contributed by atoms with Crippen molar-refractivity contribution in [3.63, 3.8) is 0 Å². The van der Waals surface area contributed by atoms with Crippen molar-refractivity contribution in [3.05, 3.63) is 60.4 Å². The van der Waals surface area contributed by atoms with E-state index in [0.717, 1.165) is 52.4 Å². The minimum absolute atomic E-state index is 0.682. The summed E-state index contributed by atoms with van der Waals surface area (Å²) in [7, 11) is 4.03. The minimum Gasteiger partial charge on any atom is -0.378 e. The van der Waals surface area contributed by atoms with Crippen LogP contribution in [-0.2, 0) is 18.8 Å². The fourth-order valence-corrected chi connectivity index (χ4v) is 4.66. The summed E-state index contributed by atoms with van der Waals surface area (Å²) in [4.78, 5) is 12.0. The molecule has 0 saturated carbocycles. The van der Waals surface area contributed by atoms with Gasteiger partial charge in [0.15, 0.2) is 0 Å². The van der Waals surface area contributed by atoms with Gasteiger partial charge in [0.05, 0.1) is 30.1 Å². The summed E-state index contributed by atoms with van der Waals surface area (Å²) >= 11 is 0. The molecule has 2 aromatic carbocycles. The van der Waals surface area contributed by atoms with Crippen LogP contribution in [0.4, 0.5) is 17.5 Å². The van der Waals surface area contributed by atoms with Gasteiger partial charge in [0.1, 0.15) is 5.82 Å². The van der Waals surface area contributed by atoms with E-state index in [9.17, 15) is 0 Å². The number of morpholine rings is 1. The molecule has 0 aliphatic carbocycles. The first-order valence-electron chi connectivity index (χ1n) is 11.5. The maximum absolute atomic E-state index is 5.54. The van der Waals surface area contributed by atoms with E-state index in [1.54, 1.807) is 0 Å². The third kappa shape index (κ3) is 3.66.